The zero-order valence-electron chi connectivity index (χ0n) is 7.72. The summed E-state index contributed by atoms with van der Waals surface area (Å²) in [5.74, 6) is 1.97. The lowest BCUT2D eigenvalue weighted by atomic mass is 9.80. The highest BCUT2D eigenvalue weighted by molar-refractivity contribution is 4.77. The largest absolute Gasteiger partial charge is 0.381 e. The summed E-state index contributed by atoms with van der Waals surface area (Å²) in [6.07, 6.45) is 5.41. The third-order valence-corrected chi connectivity index (χ3v) is 3.32. The minimum Gasteiger partial charge on any atom is -0.381 e. The molecule has 0 amide bonds. The number of rotatable bonds is 1. The van der Waals surface area contributed by atoms with Gasteiger partial charge in [-0.05, 0) is 50.6 Å². The molecule has 2 heterocycles. The van der Waals surface area contributed by atoms with Gasteiger partial charge in [0.2, 0.25) is 0 Å². The van der Waals surface area contributed by atoms with Crippen molar-refractivity contribution in [3.8, 4) is 0 Å². The van der Waals surface area contributed by atoms with Crippen molar-refractivity contribution < 1.29 is 4.74 Å². The molecule has 0 aromatic carbocycles. The number of ether oxygens (including phenoxy) is 1. The van der Waals surface area contributed by atoms with Crippen LogP contribution in [0.3, 0.4) is 0 Å². The predicted octanol–water partition coefficient (Wildman–Crippen LogP) is 1.41. The molecule has 70 valence electrons. The summed E-state index contributed by atoms with van der Waals surface area (Å²) >= 11 is 0. The second-order valence-electron chi connectivity index (χ2n) is 4.04. The standard InChI is InChI=1S/C10H19NO/c1-5-11-6-2-9(1)10-3-7-12-8-4-10/h9-11H,1-8H2. The maximum absolute atomic E-state index is 5.37. The quantitative estimate of drug-likeness (QED) is 0.641. The Bertz CT molecular complexity index is 110. The van der Waals surface area contributed by atoms with E-state index in [2.05, 4.69) is 5.32 Å². The van der Waals surface area contributed by atoms with Gasteiger partial charge in [0, 0.05) is 13.2 Å². The molecule has 1 N–H and O–H groups in total. The molecule has 0 unspecified atom stereocenters. The lowest BCUT2D eigenvalue weighted by Crippen LogP contribution is -2.33. The summed E-state index contributed by atoms with van der Waals surface area (Å²) in [5, 5.41) is 3.42. The number of piperidine rings is 1. The molecule has 0 aliphatic carbocycles. The molecule has 2 heteroatoms. The Balaban J connectivity index is 1.80. The second kappa shape index (κ2) is 4.24. The van der Waals surface area contributed by atoms with E-state index in [1.807, 2.05) is 0 Å². The molecule has 0 aromatic rings. The molecule has 2 rings (SSSR count). The van der Waals surface area contributed by atoms with Gasteiger partial charge in [-0.15, -0.1) is 0 Å². The van der Waals surface area contributed by atoms with E-state index in [9.17, 15) is 0 Å². The molecule has 2 aliphatic rings. The van der Waals surface area contributed by atoms with Crippen molar-refractivity contribution in [1.82, 2.24) is 5.32 Å². The molecular formula is C10H19NO. The maximum atomic E-state index is 5.37. The van der Waals surface area contributed by atoms with E-state index < -0.39 is 0 Å². The normalized spacial score (nSPS) is 29.0. The first kappa shape index (κ1) is 8.52. The average molecular weight is 169 g/mol. The number of nitrogens with one attached hydrogen (secondary N) is 1. The van der Waals surface area contributed by atoms with Crippen LogP contribution in [-0.2, 0) is 4.74 Å². The summed E-state index contributed by atoms with van der Waals surface area (Å²) in [4.78, 5) is 0. The fraction of sp³-hybridized carbons (Fsp3) is 1.00. The Labute approximate surface area is 74.7 Å². The van der Waals surface area contributed by atoms with E-state index >= 15 is 0 Å². The highest BCUT2D eigenvalue weighted by Gasteiger charge is 2.24. The van der Waals surface area contributed by atoms with Gasteiger partial charge in [-0.2, -0.15) is 0 Å². The Morgan fingerprint density at radius 1 is 0.833 bits per heavy atom. The van der Waals surface area contributed by atoms with E-state index in [-0.39, 0.29) is 0 Å². The molecule has 0 saturated carbocycles. The van der Waals surface area contributed by atoms with E-state index in [4.69, 9.17) is 4.74 Å². The van der Waals surface area contributed by atoms with Crippen molar-refractivity contribution in [2.75, 3.05) is 26.3 Å². The second-order valence-corrected chi connectivity index (χ2v) is 4.04. The third kappa shape index (κ3) is 1.99. The fourth-order valence-corrected chi connectivity index (χ4v) is 2.50. The van der Waals surface area contributed by atoms with Gasteiger partial charge in [0.25, 0.3) is 0 Å². The van der Waals surface area contributed by atoms with Gasteiger partial charge in [-0.3, -0.25) is 0 Å². The van der Waals surface area contributed by atoms with Crippen LogP contribution in [0.1, 0.15) is 25.7 Å². The molecule has 2 nitrogen and oxygen atoms in total. The topological polar surface area (TPSA) is 21.3 Å². The molecule has 2 aliphatic heterocycles. The van der Waals surface area contributed by atoms with Crippen molar-refractivity contribution in [2.24, 2.45) is 11.8 Å². The van der Waals surface area contributed by atoms with Crippen LogP contribution in [0.5, 0.6) is 0 Å². The van der Waals surface area contributed by atoms with Crippen LogP contribution < -0.4 is 5.32 Å². The van der Waals surface area contributed by atoms with Gasteiger partial charge in [0.15, 0.2) is 0 Å². The first-order valence-electron chi connectivity index (χ1n) is 5.25. The van der Waals surface area contributed by atoms with Gasteiger partial charge in [-0.25, -0.2) is 0 Å². The Morgan fingerprint density at radius 3 is 2.08 bits per heavy atom. The molecule has 0 aromatic heterocycles. The highest BCUT2D eigenvalue weighted by atomic mass is 16.5. The maximum Gasteiger partial charge on any atom is 0.0468 e. The van der Waals surface area contributed by atoms with Gasteiger partial charge < -0.3 is 10.1 Å². The SMILES string of the molecule is C1CC(C2CCOCC2)CCN1. The number of hydrogen-bond donors (Lipinski definition) is 1. The Kier molecular flexibility index (Phi) is 3.01. The van der Waals surface area contributed by atoms with Crippen molar-refractivity contribution in [3.05, 3.63) is 0 Å². The molecule has 12 heavy (non-hydrogen) atoms. The molecular weight excluding hydrogens is 150 g/mol. The van der Waals surface area contributed by atoms with E-state index in [1.165, 1.54) is 38.8 Å². The first-order chi connectivity index (χ1) is 5.97. The van der Waals surface area contributed by atoms with Crippen molar-refractivity contribution in [1.29, 1.82) is 0 Å². The number of hydrogen-bond acceptors (Lipinski definition) is 2. The Morgan fingerprint density at radius 2 is 1.42 bits per heavy atom. The average Bonchev–Trinajstić information content (AvgIpc) is 2.21. The van der Waals surface area contributed by atoms with Crippen LogP contribution in [-0.4, -0.2) is 26.3 Å². The Hall–Kier alpha value is -0.0800. The lowest BCUT2D eigenvalue weighted by molar-refractivity contribution is 0.0406. The summed E-state index contributed by atoms with van der Waals surface area (Å²) < 4.78 is 5.37. The molecule has 2 fully saturated rings. The highest BCUT2D eigenvalue weighted by Crippen LogP contribution is 2.29. The van der Waals surface area contributed by atoms with Crippen LogP contribution in [0.2, 0.25) is 0 Å². The lowest BCUT2D eigenvalue weighted by Gasteiger charge is -2.33. The van der Waals surface area contributed by atoms with Crippen molar-refractivity contribution >= 4 is 0 Å². The molecule has 2 saturated heterocycles. The molecule has 0 atom stereocenters. The fourth-order valence-electron chi connectivity index (χ4n) is 2.50. The van der Waals surface area contributed by atoms with E-state index in [0.29, 0.717) is 0 Å². The van der Waals surface area contributed by atoms with E-state index in [0.717, 1.165) is 25.0 Å². The van der Waals surface area contributed by atoms with Crippen LogP contribution in [0.15, 0.2) is 0 Å². The van der Waals surface area contributed by atoms with Crippen molar-refractivity contribution in [3.63, 3.8) is 0 Å². The van der Waals surface area contributed by atoms with Crippen LogP contribution >= 0.6 is 0 Å². The summed E-state index contributed by atoms with van der Waals surface area (Å²) in [5.41, 5.74) is 0. The van der Waals surface area contributed by atoms with Gasteiger partial charge in [0.05, 0.1) is 0 Å². The summed E-state index contributed by atoms with van der Waals surface area (Å²) in [6.45, 7) is 4.49. The van der Waals surface area contributed by atoms with Gasteiger partial charge in [-0.1, -0.05) is 0 Å². The van der Waals surface area contributed by atoms with Crippen LogP contribution in [0.4, 0.5) is 0 Å². The van der Waals surface area contributed by atoms with Crippen molar-refractivity contribution in [2.45, 2.75) is 25.7 Å². The summed E-state index contributed by atoms with van der Waals surface area (Å²) in [7, 11) is 0. The predicted molar refractivity (Wildman–Crippen MR) is 49.1 cm³/mol. The van der Waals surface area contributed by atoms with E-state index in [1.54, 1.807) is 0 Å². The summed E-state index contributed by atoms with van der Waals surface area (Å²) in [6, 6.07) is 0. The third-order valence-electron chi connectivity index (χ3n) is 3.32. The molecule has 0 spiro atoms. The first-order valence-corrected chi connectivity index (χ1v) is 5.25. The van der Waals surface area contributed by atoms with Gasteiger partial charge in [0.1, 0.15) is 0 Å². The van der Waals surface area contributed by atoms with Crippen LogP contribution in [0.25, 0.3) is 0 Å². The molecule has 0 bridgehead atoms. The van der Waals surface area contributed by atoms with Crippen LogP contribution in [0, 0.1) is 11.8 Å². The smallest absolute Gasteiger partial charge is 0.0468 e. The minimum atomic E-state index is 0.973. The molecule has 0 radical (unpaired) electrons. The van der Waals surface area contributed by atoms with Gasteiger partial charge >= 0.3 is 0 Å². The monoisotopic (exact) mass is 169 g/mol. The zero-order valence-corrected chi connectivity index (χ0v) is 7.72. The minimum absolute atomic E-state index is 0.973. The zero-order chi connectivity index (χ0) is 8.23.